The van der Waals surface area contributed by atoms with Crippen molar-refractivity contribution in [3.05, 3.63) is 35.9 Å². The van der Waals surface area contributed by atoms with Gasteiger partial charge in [-0.3, -0.25) is 4.79 Å². The van der Waals surface area contributed by atoms with E-state index in [0.29, 0.717) is 0 Å². The first-order valence-electron chi connectivity index (χ1n) is 7.88. The molecule has 5 atom stereocenters. The third-order valence-corrected chi connectivity index (χ3v) is 4.72. The van der Waals surface area contributed by atoms with E-state index >= 15 is 0 Å². The van der Waals surface area contributed by atoms with Gasteiger partial charge in [0.05, 0.1) is 19.1 Å². The van der Waals surface area contributed by atoms with E-state index in [1.54, 1.807) is 7.11 Å². The van der Waals surface area contributed by atoms with E-state index in [-0.39, 0.29) is 36.1 Å². The number of aryl methyl sites for hydroxylation is 1. The maximum Gasteiger partial charge on any atom is 0.308 e. The Labute approximate surface area is 132 Å². The molecule has 1 saturated heterocycles. The Morgan fingerprint density at radius 3 is 2.55 bits per heavy atom. The molecule has 1 aromatic rings. The van der Waals surface area contributed by atoms with Gasteiger partial charge in [0.25, 0.3) is 0 Å². The summed E-state index contributed by atoms with van der Waals surface area (Å²) in [6.45, 7) is 4.00. The van der Waals surface area contributed by atoms with E-state index in [4.69, 9.17) is 14.2 Å². The van der Waals surface area contributed by atoms with Gasteiger partial charge in [-0.15, -0.1) is 0 Å². The molecule has 4 heteroatoms. The third-order valence-electron chi connectivity index (χ3n) is 4.72. The highest BCUT2D eigenvalue weighted by Gasteiger charge is 2.46. The second kappa shape index (κ2) is 7.75. The average molecular weight is 306 g/mol. The third kappa shape index (κ3) is 3.68. The van der Waals surface area contributed by atoms with Crippen LogP contribution in [-0.2, 0) is 25.4 Å². The van der Waals surface area contributed by atoms with Crippen molar-refractivity contribution in [3.8, 4) is 0 Å². The van der Waals surface area contributed by atoms with E-state index in [1.807, 2.05) is 25.1 Å². The summed E-state index contributed by atoms with van der Waals surface area (Å²) in [7, 11) is 3.09. The molecule has 22 heavy (non-hydrogen) atoms. The number of hydrogen-bond donors (Lipinski definition) is 0. The molecule has 4 nitrogen and oxygen atoms in total. The fourth-order valence-electron chi connectivity index (χ4n) is 3.51. The molecule has 2 rings (SSSR count). The van der Waals surface area contributed by atoms with E-state index in [0.717, 1.165) is 12.8 Å². The van der Waals surface area contributed by atoms with Crippen LogP contribution in [0, 0.1) is 17.8 Å². The Bertz CT molecular complexity index is 473. The summed E-state index contributed by atoms with van der Waals surface area (Å²) in [5.41, 5.74) is 1.28. The lowest BCUT2D eigenvalue weighted by Gasteiger charge is -2.25. The van der Waals surface area contributed by atoms with Crippen LogP contribution in [0.1, 0.15) is 25.8 Å². The summed E-state index contributed by atoms with van der Waals surface area (Å²) in [4.78, 5) is 11.9. The number of benzene rings is 1. The number of carbonyl (C=O) groups is 1. The zero-order chi connectivity index (χ0) is 16.1. The summed E-state index contributed by atoms with van der Waals surface area (Å²) < 4.78 is 16.4. The van der Waals surface area contributed by atoms with Crippen molar-refractivity contribution < 1.29 is 19.0 Å². The van der Waals surface area contributed by atoms with Gasteiger partial charge in [-0.05, 0) is 18.4 Å². The second-order valence-corrected chi connectivity index (χ2v) is 6.05. The normalized spacial score (nSPS) is 29.3. The number of ether oxygens (including phenoxy) is 3. The van der Waals surface area contributed by atoms with Crippen molar-refractivity contribution in [1.82, 2.24) is 0 Å². The molecule has 0 unspecified atom stereocenters. The van der Waals surface area contributed by atoms with Gasteiger partial charge in [0.15, 0.2) is 6.29 Å². The van der Waals surface area contributed by atoms with Crippen molar-refractivity contribution in [3.63, 3.8) is 0 Å². The van der Waals surface area contributed by atoms with Gasteiger partial charge in [-0.25, -0.2) is 0 Å². The van der Waals surface area contributed by atoms with E-state index in [9.17, 15) is 4.79 Å². The van der Waals surface area contributed by atoms with Gasteiger partial charge in [0.1, 0.15) is 0 Å². The highest BCUT2D eigenvalue weighted by molar-refractivity contribution is 5.72. The molecule has 1 aromatic carbocycles. The van der Waals surface area contributed by atoms with E-state index in [2.05, 4.69) is 19.1 Å². The van der Waals surface area contributed by atoms with Crippen molar-refractivity contribution >= 4 is 5.97 Å². The summed E-state index contributed by atoms with van der Waals surface area (Å²) in [6.07, 6.45) is 1.56. The number of hydrogen-bond acceptors (Lipinski definition) is 4. The Kier molecular flexibility index (Phi) is 5.98. The lowest BCUT2D eigenvalue weighted by Crippen LogP contribution is -2.32. The molecule has 0 aliphatic carbocycles. The van der Waals surface area contributed by atoms with Gasteiger partial charge in [-0.2, -0.15) is 0 Å². The van der Waals surface area contributed by atoms with E-state index in [1.165, 1.54) is 12.7 Å². The Morgan fingerprint density at radius 2 is 1.95 bits per heavy atom. The smallest absolute Gasteiger partial charge is 0.308 e. The van der Waals surface area contributed by atoms with Gasteiger partial charge in [0.2, 0.25) is 0 Å². The van der Waals surface area contributed by atoms with Crippen LogP contribution in [0.5, 0.6) is 0 Å². The van der Waals surface area contributed by atoms with Crippen LogP contribution in [0.15, 0.2) is 30.3 Å². The number of carbonyl (C=O) groups excluding carboxylic acids is 1. The summed E-state index contributed by atoms with van der Waals surface area (Å²) in [5.74, 6) is -0.0937. The molecule has 1 aliphatic heterocycles. The van der Waals surface area contributed by atoms with Gasteiger partial charge in [0, 0.05) is 18.9 Å². The van der Waals surface area contributed by atoms with Crippen LogP contribution in [0.2, 0.25) is 0 Å². The molecule has 1 fully saturated rings. The van der Waals surface area contributed by atoms with Crippen molar-refractivity contribution in [2.75, 3.05) is 14.2 Å². The fourth-order valence-corrected chi connectivity index (χ4v) is 3.51. The topological polar surface area (TPSA) is 44.8 Å². The molecular weight excluding hydrogens is 280 g/mol. The molecule has 0 spiro atoms. The molecule has 122 valence electrons. The van der Waals surface area contributed by atoms with Crippen LogP contribution >= 0.6 is 0 Å². The average Bonchev–Trinajstić information content (AvgIpc) is 2.88. The zero-order valence-electron chi connectivity index (χ0n) is 13.8. The minimum Gasteiger partial charge on any atom is -0.469 e. The lowest BCUT2D eigenvalue weighted by atomic mass is 9.79. The predicted molar refractivity (Wildman–Crippen MR) is 84.3 cm³/mol. The highest BCUT2D eigenvalue weighted by Crippen LogP contribution is 2.40. The first kappa shape index (κ1) is 17.0. The first-order chi connectivity index (χ1) is 10.6. The maximum absolute atomic E-state index is 11.9. The van der Waals surface area contributed by atoms with Crippen LogP contribution in [0.3, 0.4) is 0 Å². The monoisotopic (exact) mass is 306 g/mol. The first-order valence-corrected chi connectivity index (χ1v) is 7.88. The van der Waals surface area contributed by atoms with Crippen molar-refractivity contribution in [2.45, 2.75) is 39.1 Å². The summed E-state index contributed by atoms with van der Waals surface area (Å²) in [5, 5.41) is 0. The van der Waals surface area contributed by atoms with Crippen LogP contribution in [0.25, 0.3) is 0 Å². The van der Waals surface area contributed by atoms with Crippen LogP contribution in [-0.4, -0.2) is 32.6 Å². The zero-order valence-corrected chi connectivity index (χ0v) is 13.8. The Balaban J connectivity index is 2.07. The summed E-state index contributed by atoms with van der Waals surface area (Å²) in [6, 6.07) is 10.3. The minimum absolute atomic E-state index is 0.00857. The molecule has 1 heterocycles. The summed E-state index contributed by atoms with van der Waals surface area (Å²) >= 11 is 0. The molecule has 1 aliphatic rings. The van der Waals surface area contributed by atoms with E-state index < -0.39 is 0 Å². The SMILES string of the molecule is COC(=O)[C@H](C)[C@H]1[C@H](C)[C@@H](OC)O[C@@H]1CCc1ccccc1. The molecule has 0 saturated carbocycles. The quantitative estimate of drug-likeness (QED) is 0.758. The molecule has 0 bridgehead atoms. The Morgan fingerprint density at radius 1 is 1.27 bits per heavy atom. The number of methoxy groups -OCH3 is 2. The molecule has 0 aromatic heterocycles. The van der Waals surface area contributed by atoms with Crippen molar-refractivity contribution in [2.24, 2.45) is 17.8 Å². The number of esters is 1. The van der Waals surface area contributed by atoms with Gasteiger partial charge >= 0.3 is 5.97 Å². The minimum atomic E-state index is -0.252. The maximum atomic E-state index is 11.9. The molecule has 0 N–H and O–H groups in total. The highest BCUT2D eigenvalue weighted by atomic mass is 16.7. The molecule has 0 radical (unpaired) electrons. The van der Waals surface area contributed by atoms with Crippen LogP contribution < -0.4 is 0 Å². The standard InChI is InChI=1S/C18H26O4/c1-12(17(19)20-3)16-13(2)18(21-4)22-15(16)11-10-14-8-6-5-7-9-14/h5-9,12-13,15-16,18H,10-11H2,1-4H3/t12-,13+,15-,16+,18+/m1/s1. The largest absolute Gasteiger partial charge is 0.469 e. The predicted octanol–water partition coefficient (Wildman–Crippen LogP) is 3.05. The van der Waals surface area contributed by atoms with Gasteiger partial charge in [-0.1, -0.05) is 44.2 Å². The molecular formula is C18H26O4. The fraction of sp³-hybridized carbons (Fsp3) is 0.611. The lowest BCUT2D eigenvalue weighted by molar-refractivity contribution is -0.148. The Hall–Kier alpha value is -1.39. The van der Waals surface area contributed by atoms with Crippen LogP contribution in [0.4, 0.5) is 0 Å². The molecule has 0 amide bonds. The van der Waals surface area contributed by atoms with Crippen molar-refractivity contribution in [1.29, 1.82) is 0 Å². The van der Waals surface area contributed by atoms with Gasteiger partial charge < -0.3 is 14.2 Å². The second-order valence-electron chi connectivity index (χ2n) is 6.05. The number of rotatable bonds is 6.